The molecule has 0 unspecified atom stereocenters. The van der Waals surface area contributed by atoms with E-state index in [9.17, 15) is 24.8 Å². The van der Waals surface area contributed by atoms with E-state index in [0.717, 1.165) is 14.6 Å². The fraction of sp³-hybridized carbons (Fsp3) is 0.0588. The number of halogens is 1. The quantitative estimate of drug-likeness (QED) is 0.228. The van der Waals surface area contributed by atoms with Crippen LogP contribution in [0, 0.1) is 13.7 Å². The number of phenolic OH excluding ortho intramolecular Hbond substituents is 1. The fourth-order valence-corrected chi connectivity index (χ4v) is 2.85. The Kier molecular flexibility index (Phi) is 4.99. The van der Waals surface area contributed by atoms with E-state index in [4.69, 9.17) is 4.74 Å². The highest BCUT2D eigenvalue weighted by Crippen LogP contribution is 2.37. The van der Waals surface area contributed by atoms with Gasteiger partial charge in [-0.05, 0) is 64.6 Å². The van der Waals surface area contributed by atoms with Crippen LogP contribution in [-0.4, -0.2) is 29.0 Å². The molecule has 2 aromatic carbocycles. The molecule has 0 aliphatic carbocycles. The Morgan fingerprint density at radius 3 is 2.52 bits per heavy atom. The topological polar surface area (TPSA) is 122 Å². The molecule has 9 nitrogen and oxygen atoms in total. The average molecular weight is 481 g/mol. The van der Waals surface area contributed by atoms with Crippen LogP contribution in [0.25, 0.3) is 6.08 Å². The summed E-state index contributed by atoms with van der Waals surface area (Å²) in [6.07, 6.45) is 1.21. The predicted octanol–water partition coefficient (Wildman–Crippen LogP) is 2.38. The number of nitro benzene ring substituents is 1. The molecule has 10 heteroatoms. The number of nitro groups is 1. The maximum absolute atomic E-state index is 12.6. The summed E-state index contributed by atoms with van der Waals surface area (Å²) in [7, 11) is 1.24. The fourth-order valence-electron chi connectivity index (χ4n) is 2.49. The molecule has 2 aromatic rings. The number of phenols is 1. The Morgan fingerprint density at radius 2 is 1.93 bits per heavy atom. The van der Waals surface area contributed by atoms with Crippen molar-refractivity contribution in [3.63, 3.8) is 0 Å². The summed E-state index contributed by atoms with van der Waals surface area (Å²) >= 11 is 2.12. The molecular weight excluding hydrogens is 469 g/mol. The molecule has 1 heterocycles. The van der Waals surface area contributed by atoms with Gasteiger partial charge < -0.3 is 9.84 Å². The van der Waals surface area contributed by atoms with Gasteiger partial charge in [-0.15, -0.1) is 0 Å². The Morgan fingerprint density at radius 1 is 1.26 bits per heavy atom. The van der Waals surface area contributed by atoms with Crippen LogP contribution in [0.15, 0.2) is 42.0 Å². The summed E-state index contributed by atoms with van der Waals surface area (Å²) in [6, 6.07) is 9.27. The highest BCUT2D eigenvalue weighted by Gasteiger charge is 2.34. The Labute approximate surface area is 166 Å². The Hall–Kier alpha value is -3.15. The number of hydrogen-bond acceptors (Lipinski definition) is 6. The molecular formula is C17H12IN3O6. The average Bonchev–Trinajstić information content (AvgIpc) is 2.91. The van der Waals surface area contributed by atoms with Gasteiger partial charge in [-0.25, -0.2) is 5.01 Å². The summed E-state index contributed by atoms with van der Waals surface area (Å²) in [5.41, 5.74) is 2.30. The molecule has 0 spiro atoms. The number of ether oxygens (including phenoxy) is 1. The van der Waals surface area contributed by atoms with Gasteiger partial charge in [0.25, 0.3) is 11.8 Å². The molecule has 27 heavy (non-hydrogen) atoms. The van der Waals surface area contributed by atoms with Gasteiger partial charge in [-0.2, -0.15) is 0 Å². The third-order valence-electron chi connectivity index (χ3n) is 3.78. The minimum absolute atomic E-state index is 0.142. The van der Waals surface area contributed by atoms with Gasteiger partial charge in [0.05, 0.1) is 17.7 Å². The van der Waals surface area contributed by atoms with Crippen molar-refractivity contribution >= 4 is 51.9 Å². The lowest BCUT2D eigenvalue weighted by Gasteiger charge is -2.14. The van der Waals surface area contributed by atoms with Crippen LogP contribution in [0.1, 0.15) is 5.56 Å². The number of anilines is 1. The SMILES string of the molecule is COc1cc(C=C2C(=O)NN(c3ccc(I)cc3)C2=O)cc([N+](=O)[O-])c1O. The smallest absolute Gasteiger partial charge is 0.315 e. The maximum atomic E-state index is 12.6. The lowest BCUT2D eigenvalue weighted by atomic mass is 10.1. The summed E-state index contributed by atoms with van der Waals surface area (Å²) in [6.45, 7) is 0. The van der Waals surface area contributed by atoms with Crippen molar-refractivity contribution in [2.75, 3.05) is 12.1 Å². The zero-order valence-corrected chi connectivity index (χ0v) is 16.0. The van der Waals surface area contributed by atoms with Crippen molar-refractivity contribution in [3.8, 4) is 11.5 Å². The van der Waals surface area contributed by atoms with Crippen molar-refractivity contribution < 1.29 is 24.4 Å². The zero-order chi connectivity index (χ0) is 19.7. The normalized spacial score (nSPS) is 15.2. The summed E-state index contributed by atoms with van der Waals surface area (Å²) < 4.78 is 5.88. The largest absolute Gasteiger partial charge is 0.500 e. The second kappa shape index (κ2) is 7.23. The van der Waals surface area contributed by atoms with Gasteiger partial charge in [0.2, 0.25) is 5.75 Å². The monoisotopic (exact) mass is 481 g/mol. The van der Waals surface area contributed by atoms with Crippen LogP contribution in [0.4, 0.5) is 11.4 Å². The van der Waals surface area contributed by atoms with Gasteiger partial charge >= 0.3 is 5.69 Å². The van der Waals surface area contributed by atoms with Gasteiger partial charge in [0.15, 0.2) is 5.75 Å². The van der Waals surface area contributed by atoms with Crippen molar-refractivity contribution in [3.05, 3.63) is 61.2 Å². The molecule has 1 fully saturated rings. The summed E-state index contributed by atoms with van der Waals surface area (Å²) in [5.74, 6) is -2.02. The number of amides is 2. The van der Waals surface area contributed by atoms with E-state index in [-0.39, 0.29) is 16.9 Å². The number of carbonyl (C=O) groups excluding carboxylic acids is 2. The number of methoxy groups -OCH3 is 1. The molecule has 1 aliphatic heterocycles. The van der Waals surface area contributed by atoms with Crippen LogP contribution >= 0.6 is 22.6 Å². The highest BCUT2D eigenvalue weighted by atomic mass is 127. The third-order valence-corrected chi connectivity index (χ3v) is 4.50. The number of benzene rings is 2. The first kappa shape index (κ1) is 18.6. The van der Waals surface area contributed by atoms with E-state index >= 15 is 0 Å². The maximum Gasteiger partial charge on any atom is 0.315 e. The lowest BCUT2D eigenvalue weighted by molar-refractivity contribution is -0.386. The standard InChI is InChI=1S/C17H12IN3O6/c1-27-14-8-9(7-13(15(14)22)21(25)26)6-12-16(23)19-20(17(12)24)11-4-2-10(18)3-5-11/h2-8,22H,1H3,(H,19,23). The minimum Gasteiger partial charge on any atom is -0.500 e. The van der Waals surface area contributed by atoms with Crippen molar-refractivity contribution in [1.82, 2.24) is 5.43 Å². The number of aromatic hydroxyl groups is 1. The molecule has 1 saturated heterocycles. The highest BCUT2D eigenvalue weighted by molar-refractivity contribution is 14.1. The Bertz CT molecular complexity index is 987. The van der Waals surface area contributed by atoms with Crippen LogP contribution < -0.4 is 15.2 Å². The van der Waals surface area contributed by atoms with Crippen LogP contribution in [0.3, 0.4) is 0 Å². The molecule has 0 bridgehead atoms. The second-order valence-electron chi connectivity index (χ2n) is 5.46. The first-order valence-corrected chi connectivity index (χ1v) is 8.57. The van der Waals surface area contributed by atoms with Crippen molar-refractivity contribution in [1.29, 1.82) is 0 Å². The third kappa shape index (κ3) is 3.56. The number of carbonyl (C=O) groups is 2. The number of hydrazine groups is 1. The van der Waals surface area contributed by atoms with E-state index in [2.05, 4.69) is 28.0 Å². The van der Waals surface area contributed by atoms with Gasteiger partial charge in [-0.3, -0.25) is 25.1 Å². The van der Waals surface area contributed by atoms with E-state index < -0.39 is 28.2 Å². The number of hydrogen-bond donors (Lipinski definition) is 2. The van der Waals surface area contributed by atoms with E-state index in [1.54, 1.807) is 24.3 Å². The van der Waals surface area contributed by atoms with Crippen LogP contribution in [0.5, 0.6) is 11.5 Å². The molecule has 0 aromatic heterocycles. The summed E-state index contributed by atoms with van der Waals surface area (Å²) in [5, 5.41) is 22.0. The molecule has 138 valence electrons. The van der Waals surface area contributed by atoms with Crippen LogP contribution in [-0.2, 0) is 9.59 Å². The number of nitrogens with one attached hydrogen (secondary N) is 1. The molecule has 0 saturated carbocycles. The predicted molar refractivity (Wildman–Crippen MR) is 104 cm³/mol. The molecule has 0 radical (unpaired) electrons. The van der Waals surface area contributed by atoms with E-state index in [0.29, 0.717) is 5.69 Å². The molecule has 1 aliphatic rings. The number of nitrogens with zero attached hydrogens (tertiary/aromatic N) is 2. The van der Waals surface area contributed by atoms with Gasteiger partial charge in [0.1, 0.15) is 5.57 Å². The lowest BCUT2D eigenvalue weighted by Crippen LogP contribution is -2.35. The number of rotatable bonds is 4. The zero-order valence-electron chi connectivity index (χ0n) is 13.8. The minimum atomic E-state index is -0.783. The van der Waals surface area contributed by atoms with Crippen molar-refractivity contribution in [2.45, 2.75) is 0 Å². The van der Waals surface area contributed by atoms with Gasteiger partial charge in [0, 0.05) is 9.64 Å². The Balaban J connectivity index is 2.01. The van der Waals surface area contributed by atoms with Gasteiger partial charge in [-0.1, -0.05) is 0 Å². The first-order chi connectivity index (χ1) is 12.8. The molecule has 3 rings (SSSR count). The van der Waals surface area contributed by atoms with Crippen LogP contribution in [0.2, 0.25) is 0 Å². The molecule has 2 amide bonds. The molecule has 0 atom stereocenters. The second-order valence-corrected chi connectivity index (χ2v) is 6.71. The molecule has 2 N–H and O–H groups in total. The van der Waals surface area contributed by atoms with E-state index in [1.165, 1.54) is 19.3 Å². The first-order valence-electron chi connectivity index (χ1n) is 7.50. The van der Waals surface area contributed by atoms with Crippen molar-refractivity contribution in [2.24, 2.45) is 0 Å². The summed E-state index contributed by atoms with van der Waals surface area (Å²) in [4.78, 5) is 35.1. The van der Waals surface area contributed by atoms with E-state index in [1.807, 2.05) is 0 Å².